The molecule has 20 heavy (non-hydrogen) atoms. The van der Waals surface area contributed by atoms with Crippen molar-refractivity contribution in [3.05, 3.63) is 18.1 Å². The van der Waals surface area contributed by atoms with E-state index in [0.29, 0.717) is 11.8 Å². The van der Waals surface area contributed by atoms with E-state index in [9.17, 15) is 0 Å². The molecule has 1 atom stereocenters. The maximum Gasteiger partial charge on any atom is 0.237 e. The Bertz CT molecular complexity index is 389. The molecule has 0 saturated heterocycles. The number of aromatic nitrogens is 2. The first-order valence-corrected chi connectivity index (χ1v) is 7.95. The van der Waals surface area contributed by atoms with Gasteiger partial charge in [0.2, 0.25) is 5.88 Å². The molecule has 1 aromatic rings. The molecule has 1 aromatic heterocycles. The molecule has 4 heteroatoms. The molecule has 0 aliphatic heterocycles. The van der Waals surface area contributed by atoms with Crippen molar-refractivity contribution >= 4 is 0 Å². The Hall–Kier alpha value is -1.16. The van der Waals surface area contributed by atoms with Gasteiger partial charge in [0, 0.05) is 12.4 Å². The van der Waals surface area contributed by atoms with Gasteiger partial charge < -0.3 is 10.1 Å². The topological polar surface area (TPSA) is 47.0 Å². The van der Waals surface area contributed by atoms with Crippen molar-refractivity contribution in [1.29, 1.82) is 0 Å². The number of hydrogen-bond acceptors (Lipinski definition) is 4. The Morgan fingerprint density at radius 3 is 2.55 bits per heavy atom. The van der Waals surface area contributed by atoms with Gasteiger partial charge in [0.15, 0.2) is 0 Å². The molecule has 1 unspecified atom stereocenters. The fourth-order valence-corrected chi connectivity index (χ4v) is 3.14. The van der Waals surface area contributed by atoms with Crippen molar-refractivity contribution in [1.82, 2.24) is 15.3 Å². The van der Waals surface area contributed by atoms with E-state index in [1.807, 2.05) is 0 Å². The van der Waals surface area contributed by atoms with E-state index < -0.39 is 0 Å². The Kier molecular flexibility index (Phi) is 6.25. The van der Waals surface area contributed by atoms with Gasteiger partial charge in [0.1, 0.15) is 5.69 Å². The summed E-state index contributed by atoms with van der Waals surface area (Å²) < 4.78 is 5.41. The minimum Gasteiger partial charge on any atom is -0.480 e. The van der Waals surface area contributed by atoms with Gasteiger partial charge in [-0.15, -0.1) is 0 Å². The highest BCUT2D eigenvalue weighted by atomic mass is 16.5. The third-order valence-corrected chi connectivity index (χ3v) is 4.16. The molecule has 0 amide bonds. The molecule has 0 aromatic carbocycles. The number of ether oxygens (including phenoxy) is 1. The van der Waals surface area contributed by atoms with Crippen LogP contribution in [0.15, 0.2) is 12.4 Å². The first-order valence-electron chi connectivity index (χ1n) is 7.95. The van der Waals surface area contributed by atoms with Crippen LogP contribution in [0.3, 0.4) is 0 Å². The van der Waals surface area contributed by atoms with Crippen molar-refractivity contribution in [2.24, 2.45) is 5.92 Å². The van der Waals surface area contributed by atoms with E-state index in [2.05, 4.69) is 22.2 Å². The van der Waals surface area contributed by atoms with Gasteiger partial charge in [-0.2, -0.15) is 0 Å². The van der Waals surface area contributed by atoms with Gasteiger partial charge in [-0.1, -0.05) is 32.6 Å². The van der Waals surface area contributed by atoms with Crippen molar-refractivity contribution < 1.29 is 4.74 Å². The van der Waals surface area contributed by atoms with Crippen LogP contribution in [0.25, 0.3) is 0 Å². The lowest BCUT2D eigenvalue weighted by molar-refractivity contribution is 0.302. The first-order chi connectivity index (χ1) is 9.86. The predicted octanol–water partition coefficient (Wildman–Crippen LogP) is 3.50. The maximum absolute atomic E-state index is 5.41. The molecule has 1 aliphatic carbocycles. The van der Waals surface area contributed by atoms with Gasteiger partial charge >= 0.3 is 0 Å². The highest BCUT2D eigenvalue weighted by Crippen LogP contribution is 2.35. The summed E-state index contributed by atoms with van der Waals surface area (Å²) in [5.74, 6) is 1.32. The Labute approximate surface area is 122 Å². The Balaban J connectivity index is 2.20. The molecule has 0 spiro atoms. The smallest absolute Gasteiger partial charge is 0.237 e. The van der Waals surface area contributed by atoms with Gasteiger partial charge in [-0.05, 0) is 31.7 Å². The van der Waals surface area contributed by atoms with E-state index in [4.69, 9.17) is 4.74 Å². The molecule has 0 radical (unpaired) electrons. The number of nitrogens with zero attached hydrogens (tertiary/aromatic N) is 2. The lowest BCUT2D eigenvalue weighted by atomic mass is 9.89. The summed E-state index contributed by atoms with van der Waals surface area (Å²) in [6.45, 7) is 3.21. The van der Waals surface area contributed by atoms with E-state index in [-0.39, 0.29) is 6.04 Å². The van der Waals surface area contributed by atoms with Crippen LogP contribution in [0.4, 0.5) is 0 Å². The number of rotatable bonds is 6. The Morgan fingerprint density at radius 2 is 1.90 bits per heavy atom. The zero-order valence-corrected chi connectivity index (χ0v) is 12.8. The van der Waals surface area contributed by atoms with Crippen molar-refractivity contribution in [3.63, 3.8) is 0 Å². The zero-order valence-electron chi connectivity index (χ0n) is 12.8. The van der Waals surface area contributed by atoms with E-state index in [1.54, 1.807) is 19.5 Å². The van der Waals surface area contributed by atoms with Crippen LogP contribution in [-0.4, -0.2) is 23.6 Å². The Morgan fingerprint density at radius 1 is 1.20 bits per heavy atom. The second-order valence-electron chi connectivity index (χ2n) is 5.63. The van der Waals surface area contributed by atoms with Crippen LogP contribution >= 0.6 is 0 Å². The molecule has 1 saturated carbocycles. The highest BCUT2D eigenvalue weighted by Gasteiger charge is 2.27. The van der Waals surface area contributed by atoms with Crippen LogP contribution in [-0.2, 0) is 0 Å². The normalized spacial score (nSPS) is 18.5. The summed E-state index contributed by atoms with van der Waals surface area (Å²) in [4.78, 5) is 8.88. The van der Waals surface area contributed by atoms with E-state index in [1.165, 1.54) is 38.5 Å². The van der Waals surface area contributed by atoms with E-state index >= 15 is 0 Å². The van der Waals surface area contributed by atoms with Crippen LogP contribution in [0.1, 0.15) is 63.6 Å². The van der Waals surface area contributed by atoms with Crippen molar-refractivity contribution in [2.45, 2.75) is 57.9 Å². The highest BCUT2D eigenvalue weighted by molar-refractivity contribution is 5.22. The number of hydrogen-bond donors (Lipinski definition) is 1. The minimum atomic E-state index is 0.275. The predicted molar refractivity (Wildman–Crippen MR) is 80.8 cm³/mol. The average Bonchev–Trinajstić information content (AvgIpc) is 2.77. The second-order valence-corrected chi connectivity index (χ2v) is 5.63. The molecule has 1 heterocycles. The van der Waals surface area contributed by atoms with E-state index in [0.717, 1.165) is 18.7 Å². The lowest BCUT2D eigenvalue weighted by Gasteiger charge is -2.27. The molecule has 4 nitrogen and oxygen atoms in total. The monoisotopic (exact) mass is 277 g/mol. The quantitative estimate of drug-likeness (QED) is 0.808. The molecular formula is C16H27N3O. The van der Waals surface area contributed by atoms with Crippen molar-refractivity contribution in [3.8, 4) is 5.88 Å². The number of methoxy groups -OCH3 is 1. The van der Waals surface area contributed by atoms with Gasteiger partial charge in [0.25, 0.3) is 0 Å². The lowest BCUT2D eigenvalue weighted by Crippen LogP contribution is -2.30. The first kappa shape index (κ1) is 15.2. The minimum absolute atomic E-state index is 0.275. The summed E-state index contributed by atoms with van der Waals surface area (Å²) in [6.07, 6.45) is 12.6. The van der Waals surface area contributed by atoms with Crippen LogP contribution in [0, 0.1) is 5.92 Å². The molecule has 0 bridgehead atoms. The molecular weight excluding hydrogens is 250 g/mol. The molecule has 1 N–H and O–H groups in total. The van der Waals surface area contributed by atoms with Crippen LogP contribution < -0.4 is 10.1 Å². The largest absolute Gasteiger partial charge is 0.480 e. The maximum atomic E-state index is 5.41. The molecule has 1 fully saturated rings. The fourth-order valence-electron chi connectivity index (χ4n) is 3.14. The SMILES string of the molecule is CCCNC(c1nccnc1OC)C1CCCCCC1. The van der Waals surface area contributed by atoms with Gasteiger partial charge in [-0.3, -0.25) is 4.98 Å². The second kappa shape index (κ2) is 8.20. The summed E-state index contributed by atoms with van der Waals surface area (Å²) in [5.41, 5.74) is 0.982. The van der Waals surface area contributed by atoms with Gasteiger partial charge in [0.05, 0.1) is 13.2 Å². The summed E-state index contributed by atoms with van der Waals surface area (Å²) in [7, 11) is 1.68. The third-order valence-electron chi connectivity index (χ3n) is 4.16. The average molecular weight is 277 g/mol. The number of nitrogens with one attached hydrogen (secondary N) is 1. The van der Waals surface area contributed by atoms with Crippen LogP contribution in [0.5, 0.6) is 5.88 Å². The molecule has 2 rings (SSSR count). The fraction of sp³-hybridized carbons (Fsp3) is 0.750. The van der Waals surface area contributed by atoms with Gasteiger partial charge in [-0.25, -0.2) is 4.98 Å². The third kappa shape index (κ3) is 3.92. The summed E-state index contributed by atoms with van der Waals surface area (Å²) in [6, 6.07) is 0.275. The zero-order chi connectivity index (χ0) is 14.2. The van der Waals surface area contributed by atoms with Crippen molar-refractivity contribution in [2.75, 3.05) is 13.7 Å². The molecule has 112 valence electrons. The summed E-state index contributed by atoms with van der Waals surface area (Å²) >= 11 is 0. The standard InChI is InChI=1S/C16H27N3O/c1-3-10-17-14(13-8-6-4-5-7-9-13)15-16(20-2)19-12-11-18-15/h11-14,17H,3-10H2,1-2H3. The van der Waals surface area contributed by atoms with Crippen LogP contribution in [0.2, 0.25) is 0 Å². The summed E-state index contributed by atoms with van der Waals surface area (Å²) in [5, 5.41) is 3.68. The molecule has 1 aliphatic rings.